The average Bonchev–Trinajstić information content (AvgIpc) is 2.27. The van der Waals surface area contributed by atoms with Gasteiger partial charge in [0.1, 0.15) is 5.75 Å². The first-order valence-corrected chi connectivity index (χ1v) is 5.37. The van der Waals surface area contributed by atoms with Gasteiger partial charge in [0.25, 0.3) is 0 Å². The van der Waals surface area contributed by atoms with Crippen LogP contribution in [-0.2, 0) is 6.42 Å². The number of nitrogens with zero attached hydrogens (tertiary/aromatic N) is 1. The van der Waals surface area contributed by atoms with Gasteiger partial charge >= 0.3 is 0 Å². The third-order valence-electron chi connectivity index (χ3n) is 2.51. The molecular formula is C11H14ClNO. The summed E-state index contributed by atoms with van der Waals surface area (Å²) in [4.78, 5) is 2.01. The Kier molecular flexibility index (Phi) is 2.82. The van der Waals surface area contributed by atoms with Crippen molar-refractivity contribution >= 4 is 17.3 Å². The van der Waals surface area contributed by atoms with Crippen molar-refractivity contribution in [1.82, 2.24) is 0 Å². The zero-order chi connectivity index (χ0) is 9.97. The summed E-state index contributed by atoms with van der Waals surface area (Å²) in [5.74, 6) is 1.03. The third-order valence-corrected chi connectivity index (χ3v) is 2.87. The topological polar surface area (TPSA) is 12.5 Å². The van der Waals surface area contributed by atoms with Gasteiger partial charge in [-0.05, 0) is 36.6 Å². The molecule has 1 aliphatic rings. The molecule has 1 aromatic rings. The van der Waals surface area contributed by atoms with Crippen LogP contribution in [0.3, 0.4) is 0 Å². The number of halogens is 1. The van der Waals surface area contributed by atoms with Crippen molar-refractivity contribution in [3.8, 4) is 5.75 Å². The van der Waals surface area contributed by atoms with Crippen LogP contribution < -0.4 is 9.64 Å². The van der Waals surface area contributed by atoms with Crippen molar-refractivity contribution in [2.24, 2.45) is 0 Å². The smallest absolute Gasteiger partial charge is 0.122 e. The van der Waals surface area contributed by atoms with Crippen LogP contribution in [0, 0.1) is 0 Å². The molecule has 2 rings (SSSR count). The van der Waals surface area contributed by atoms with Crippen molar-refractivity contribution in [3.63, 3.8) is 0 Å². The number of hydrogen-bond acceptors (Lipinski definition) is 2. The van der Waals surface area contributed by atoms with Gasteiger partial charge in [0.15, 0.2) is 0 Å². The molecule has 76 valence electrons. The van der Waals surface area contributed by atoms with Crippen LogP contribution in [0.4, 0.5) is 5.69 Å². The molecule has 0 bridgehead atoms. The van der Waals surface area contributed by atoms with E-state index < -0.39 is 0 Å². The minimum Gasteiger partial charge on any atom is -0.493 e. The molecule has 3 heteroatoms. The summed E-state index contributed by atoms with van der Waals surface area (Å²) >= 11 is 5.76. The summed E-state index contributed by atoms with van der Waals surface area (Å²) < 4.78 is 5.54. The Labute approximate surface area is 89.4 Å². The van der Waals surface area contributed by atoms with Crippen LogP contribution in [0.5, 0.6) is 5.75 Å². The normalized spacial score (nSPS) is 14.4. The highest BCUT2D eigenvalue weighted by atomic mass is 35.5. The zero-order valence-electron chi connectivity index (χ0n) is 8.29. The largest absolute Gasteiger partial charge is 0.493 e. The minimum atomic E-state index is 0.514. The summed E-state index contributed by atoms with van der Waals surface area (Å²) in [6, 6.07) is 6.76. The molecule has 0 aromatic heterocycles. The quantitative estimate of drug-likeness (QED) is 0.551. The summed E-state index contributed by atoms with van der Waals surface area (Å²) in [6.07, 6.45) is 2.22. The Hall–Kier alpha value is -0.890. The molecule has 2 nitrogen and oxygen atoms in total. The number of ether oxygens (including phenoxy) is 1. The summed E-state index contributed by atoms with van der Waals surface area (Å²) in [5, 5.41) is 0. The lowest BCUT2D eigenvalue weighted by molar-refractivity contribution is 0.288. The van der Waals surface area contributed by atoms with E-state index in [0.29, 0.717) is 6.00 Å². The van der Waals surface area contributed by atoms with Crippen LogP contribution in [0.25, 0.3) is 0 Å². The van der Waals surface area contributed by atoms with E-state index in [4.69, 9.17) is 16.3 Å². The van der Waals surface area contributed by atoms with Crippen molar-refractivity contribution < 1.29 is 4.74 Å². The molecule has 1 aromatic carbocycles. The van der Waals surface area contributed by atoms with Gasteiger partial charge in [0.05, 0.1) is 12.6 Å². The summed E-state index contributed by atoms with van der Waals surface area (Å²) in [7, 11) is 1.98. The first-order valence-electron chi connectivity index (χ1n) is 4.84. The lowest BCUT2D eigenvalue weighted by Gasteiger charge is -2.21. The molecule has 0 unspecified atom stereocenters. The molecular weight excluding hydrogens is 198 g/mol. The van der Waals surface area contributed by atoms with Gasteiger partial charge in [-0.1, -0.05) is 0 Å². The SMILES string of the molecule is CN(CCl)c1ccc2c(c1)CCCO2. The molecule has 14 heavy (non-hydrogen) atoms. The third kappa shape index (κ3) is 1.80. The Morgan fingerprint density at radius 2 is 2.36 bits per heavy atom. The van der Waals surface area contributed by atoms with Gasteiger partial charge in [-0.15, -0.1) is 11.6 Å². The van der Waals surface area contributed by atoms with Crippen LogP contribution >= 0.6 is 11.6 Å². The van der Waals surface area contributed by atoms with E-state index >= 15 is 0 Å². The molecule has 0 amide bonds. The van der Waals surface area contributed by atoms with E-state index in [-0.39, 0.29) is 0 Å². The standard InChI is InChI=1S/C11H14ClNO/c1-13(8-12)10-4-5-11-9(7-10)3-2-6-14-11/h4-5,7H,2-3,6,8H2,1H3. The van der Waals surface area contributed by atoms with Crippen molar-refractivity contribution in [3.05, 3.63) is 23.8 Å². The lowest BCUT2D eigenvalue weighted by atomic mass is 10.1. The fourth-order valence-corrected chi connectivity index (χ4v) is 1.79. The van der Waals surface area contributed by atoms with Crippen molar-refractivity contribution in [2.45, 2.75) is 12.8 Å². The highest BCUT2D eigenvalue weighted by Gasteiger charge is 2.11. The number of aryl methyl sites for hydroxylation is 1. The lowest BCUT2D eigenvalue weighted by Crippen LogP contribution is -2.15. The van der Waals surface area contributed by atoms with E-state index in [9.17, 15) is 0 Å². The molecule has 0 fully saturated rings. The Morgan fingerprint density at radius 1 is 1.50 bits per heavy atom. The molecule has 0 radical (unpaired) electrons. The maximum absolute atomic E-state index is 5.76. The maximum Gasteiger partial charge on any atom is 0.122 e. The number of benzene rings is 1. The number of fused-ring (bicyclic) bond motifs is 1. The molecule has 1 heterocycles. The van der Waals surface area contributed by atoms with Gasteiger partial charge in [-0.3, -0.25) is 0 Å². The van der Waals surface area contributed by atoms with Crippen LogP contribution in [0.2, 0.25) is 0 Å². The minimum absolute atomic E-state index is 0.514. The van der Waals surface area contributed by atoms with E-state index in [1.165, 1.54) is 5.56 Å². The number of alkyl halides is 1. The highest BCUT2D eigenvalue weighted by Crippen LogP contribution is 2.28. The van der Waals surface area contributed by atoms with E-state index in [1.807, 2.05) is 24.1 Å². The molecule has 0 spiro atoms. The Morgan fingerprint density at radius 3 is 3.14 bits per heavy atom. The molecule has 0 N–H and O–H groups in total. The van der Waals surface area contributed by atoms with E-state index in [1.54, 1.807) is 0 Å². The molecule has 0 saturated heterocycles. The molecule has 1 aliphatic heterocycles. The van der Waals surface area contributed by atoms with E-state index in [0.717, 1.165) is 30.9 Å². The fourth-order valence-electron chi connectivity index (χ4n) is 1.65. The van der Waals surface area contributed by atoms with Gasteiger partial charge in [0, 0.05) is 12.7 Å². The van der Waals surface area contributed by atoms with Crippen molar-refractivity contribution in [1.29, 1.82) is 0 Å². The fraction of sp³-hybridized carbons (Fsp3) is 0.455. The van der Waals surface area contributed by atoms with Gasteiger partial charge in [-0.25, -0.2) is 0 Å². The van der Waals surface area contributed by atoms with Crippen LogP contribution in [0.1, 0.15) is 12.0 Å². The van der Waals surface area contributed by atoms with Crippen molar-refractivity contribution in [2.75, 3.05) is 24.6 Å². The second-order valence-electron chi connectivity index (χ2n) is 3.56. The zero-order valence-corrected chi connectivity index (χ0v) is 9.05. The van der Waals surface area contributed by atoms with Gasteiger partial charge in [0.2, 0.25) is 0 Å². The first kappa shape index (κ1) is 9.66. The molecule has 0 aliphatic carbocycles. The maximum atomic E-state index is 5.76. The number of hydrogen-bond donors (Lipinski definition) is 0. The van der Waals surface area contributed by atoms with Gasteiger partial charge < -0.3 is 9.64 Å². The summed E-state index contributed by atoms with van der Waals surface area (Å²) in [6.45, 7) is 0.845. The van der Waals surface area contributed by atoms with Gasteiger partial charge in [-0.2, -0.15) is 0 Å². The number of anilines is 1. The summed E-state index contributed by atoms with van der Waals surface area (Å²) in [5.41, 5.74) is 2.45. The van der Waals surface area contributed by atoms with Crippen LogP contribution in [0.15, 0.2) is 18.2 Å². The monoisotopic (exact) mass is 211 g/mol. The predicted molar refractivity (Wildman–Crippen MR) is 59.4 cm³/mol. The average molecular weight is 212 g/mol. The number of rotatable bonds is 2. The second-order valence-corrected chi connectivity index (χ2v) is 3.80. The second kappa shape index (κ2) is 4.09. The Bertz CT molecular complexity index is 327. The highest BCUT2D eigenvalue weighted by molar-refractivity contribution is 6.18. The first-order chi connectivity index (χ1) is 6.81. The van der Waals surface area contributed by atoms with Crippen LogP contribution in [-0.4, -0.2) is 19.7 Å². The predicted octanol–water partition coefficient (Wildman–Crippen LogP) is 2.64. The Balaban J connectivity index is 2.29. The molecule has 0 saturated carbocycles. The molecule has 0 atom stereocenters. The van der Waals surface area contributed by atoms with E-state index in [2.05, 4.69) is 6.07 Å².